The van der Waals surface area contributed by atoms with E-state index in [2.05, 4.69) is 26.7 Å². The summed E-state index contributed by atoms with van der Waals surface area (Å²) in [5.41, 5.74) is 3.68. The van der Waals surface area contributed by atoms with Crippen molar-refractivity contribution in [2.75, 3.05) is 36.5 Å². The number of morpholine rings is 1. The van der Waals surface area contributed by atoms with Gasteiger partial charge in [0.1, 0.15) is 5.82 Å². The van der Waals surface area contributed by atoms with Crippen LogP contribution in [0.3, 0.4) is 0 Å². The largest absolute Gasteiger partial charge is 0.378 e. The molecule has 0 bridgehead atoms. The van der Waals surface area contributed by atoms with Gasteiger partial charge in [0.2, 0.25) is 0 Å². The van der Waals surface area contributed by atoms with Crippen molar-refractivity contribution in [1.82, 2.24) is 9.55 Å². The Labute approximate surface area is 147 Å². The van der Waals surface area contributed by atoms with Crippen molar-refractivity contribution in [3.63, 3.8) is 0 Å². The molecular formula is C19H24N4O2. The van der Waals surface area contributed by atoms with Crippen LogP contribution < -0.4 is 10.2 Å². The summed E-state index contributed by atoms with van der Waals surface area (Å²) in [4.78, 5) is 19.3. The number of carbonyl (C=O) groups excluding carboxylic acids is 1. The maximum Gasteiger partial charge on any atom is 0.257 e. The highest BCUT2D eigenvalue weighted by Crippen LogP contribution is 2.38. The molecule has 2 aliphatic rings. The van der Waals surface area contributed by atoms with E-state index < -0.39 is 0 Å². The highest BCUT2D eigenvalue weighted by atomic mass is 16.5. The van der Waals surface area contributed by atoms with Gasteiger partial charge in [-0.25, -0.2) is 4.98 Å². The first-order valence-electron chi connectivity index (χ1n) is 8.92. The lowest BCUT2D eigenvalue weighted by Gasteiger charge is -2.27. The van der Waals surface area contributed by atoms with E-state index in [1.807, 2.05) is 25.1 Å². The molecule has 2 fully saturated rings. The van der Waals surface area contributed by atoms with E-state index in [0.29, 0.717) is 6.04 Å². The molecule has 1 saturated heterocycles. The quantitative estimate of drug-likeness (QED) is 0.930. The zero-order valence-electron chi connectivity index (χ0n) is 14.8. The van der Waals surface area contributed by atoms with Gasteiger partial charge in [0, 0.05) is 30.5 Å². The summed E-state index contributed by atoms with van der Waals surface area (Å²) in [5, 5.41) is 2.97. The van der Waals surface area contributed by atoms with Gasteiger partial charge in [-0.2, -0.15) is 0 Å². The fourth-order valence-corrected chi connectivity index (χ4v) is 3.54. The summed E-state index contributed by atoms with van der Waals surface area (Å²) >= 11 is 0. The molecule has 2 aromatic rings. The van der Waals surface area contributed by atoms with Gasteiger partial charge in [-0.05, 0) is 44.9 Å². The lowest BCUT2D eigenvalue weighted by molar-refractivity contribution is 0.102. The van der Waals surface area contributed by atoms with Crippen LogP contribution in [0.2, 0.25) is 0 Å². The number of aromatic nitrogens is 2. The Kier molecular flexibility index (Phi) is 4.21. The minimum atomic E-state index is -0.0686. The maximum atomic E-state index is 12.7. The van der Waals surface area contributed by atoms with E-state index in [9.17, 15) is 4.79 Å². The third kappa shape index (κ3) is 3.26. The molecule has 1 N–H and O–H groups in total. The summed E-state index contributed by atoms with van der Waals surface area (Å²) < 4.78 is 7.65. The molecule has 1 saturated carbocycles. The average Bonchev–Trinajstić information content (AvgIpc) is 3.41. The Morgan fingerprint density at radius 1 is 1.24 bits per heavy atom. The van der Waals surface area contributed by atoms with Gasteiger partial charge < -0.3 is 19.5 Å². The number of amides is 1. The molecule has 0 aromatic carbocycles. The molecule has 1 aliphatic heterocycles. The molecule has 0 unspecified atom stereocenters. The third-order valence-corrected chi connectivity index (χ3v) is 4.98. The predicted octanol–water partition coefficient (Wildman–Crippen LogP) is 2.92. The van der Waals surface area contributed by atoms with E-state index in [1.54, 1.807) is 6.20 Å². The van der Waals surface area contributed by atoms with Crippen LogP contribution in [-0.2, 0) is 4.74 Å². The van der Waals surface area contributed by atoms with Gasteiger partial charge in [0.25, 0.3) is 5.91 Å². The maximum absolute atomic E-state index is 12.7. The Bertz CT molecular complexity index is 771. The van der Waals surface area contributed by atoms with Gasteiger partial charge in [-0.15, -0.1) is 0 Å². The van der Waals surface area contributed by atoms with Crippen LogP contribution >= 0.6 is 0 Å². The summed E-state index contributed by atoms with van der Waals surface area (Å²) in [6.07, 6.45) is 4.15. The van der Waals surface area contributed by atoms with Crippen LogP contribution in [-0.4, -0.2) is 41.8 Å². The Morgan fingerprint density at radius 3 is 2.64 bits per heavy atom. The van der Waals surface area contributed by atoms with Gasteiger partial charge in [-0.1, -0.05) is 0 Å². The molecule has 0 atom stereocenters. The Balaban J connectivity index is 1.46. The monoisotopic (exact) mass is 340 g/mol. The number of ether oxygens (including phenoxy) is 1. The second kappa shape index (κ2) is 6.52. The van der Waals surface area contributed by atoms with Crippen molar-refractivity contribution in [2.45, 2.75) is 32.7 Å². The molecule has 132 valence electrons. The highest BCUT2D eigenvalue weighted by molar-refractivity contribution is 6.05. The second-order valence-corrected chi connectivity index (χ2v) is 6.84. The molecule has 3 heterocycles. The molecule has 2 aromatic heterocycles. The molecule has 4 rings (SSSR count). The average molecular weight is 340 g/mol. The van der Waals surface area contributed by atoms with Gasteiger partial charge in [0.05, 0.1) is 30.7 Å². The van der Waals surface area contributed by atoms with Crippen molar-refractivity contribution in [3.05, 3.63) is 41.3 Å². The molecule has 6 nitrogen and oxygen atoms in total. The fourth-order valence-electron chi connectivity index (χ4n) is 3.54. The molecule has 0 radical (unpaired) electrons. The van der Waals surface area contributed by atoms with Gasteiger partial charge >= 0.3 is 0 Å². The van der Waals surface area contributed by atoms with Crippen LogP contribution in [0.4, 0.5) is 11.5 Å². The summed E-state index contributed by atoms with van der Waals surface area (Å²) in [6.45, 7) is 7.27. The second-order valence-electron chi connectivity index (χ2n) is 6.84. The fraction of sp³-hybridized carbons (Fsp3) is 0.474. The molecular weight excluding hydrogens is 316 g/mol. The molecule has 1 aliphatic carbocycles. The number of hydrogen-bond donors (Lipinski definition) is 1. The van der Waals surface area contributed by atoms with Crippen LogP contribution in [0.5, 0.6) is 0 Å². The SMILES string of the molecule is Cc1cc(C(=O)Nc2ccc(N3CCOCC3)nc2)c(C)n1C1CC1. The lowest BCUT2D eigenvalue weighted by atomic mass is 10.2. The molecule has 25 heavy (non-hydrogen) atoms. The minimum absolute atomic E-state index is 0.0686. The zero-order valence-corrected chi connectivity index (χ0v) is 14.8. The van der Waals surface area contributed by atoms with Gasteiger partial charge in [0.15, 0.2) is 0 Å². The lowest BCUT2D eigenvalue weighted by Crippen LogP contribution is -2.36. The number of nitrogens with one attached hydrogen (secondary N) is 1. The predicted molar refractivity (Wildman–Crippen MR) is 97.4 cm³/mol. The van der Waals surface area contributed by atoms with Crippen molar-refractivity contribution >= 4 is 17.4 Å². The number of aryl methyl sites for hydroxylation is 1. The summed E-state index contributed by atoms with van der Waals surface area (Å²) in [5.74, 6) is 0.856. The van der Waals surface area contributed by atoms with Crippen molar-refractivity contribution in [2.24, 2.45) is 0 Å². The minimum Gasteiger partial charge on any atom is -0.378 e. The van der Waals surface area contributed by atoms with E-state index >= 15 is 0 Å². The number of carbonyl (C=O) groups is 1. The third-order valence-electron chi connectivity index (χ3n) is 4.98. The Morgan fingerprint density at radius 2 is 2.00 bits per heavy atom. The number of nitrogens with zero attached hydrogens (tertiary/aromatic N) is 3. The van der Waals surface area contributed by atoms with E-state index in [-0.39, 0.29) is 5.91 Å². The number of rotatable bonds is 4. The van der Waals surface area contributed by atoms with Crippen molar-refractivity contribution in [1.29, 1.82) is 0 Å². The molecule has 0 spiro atoms. The van der Waals surface area contributed by atoms with E-state index in [1.165, 1.54) is 12.8 Å². The highest BCUT2D eigenvalue weighted by Gasteiger charge is 2.28. The first kappa shape index (κ1) is 16.1. The topological polar surface area (TPSA) is 59.4 Å². The number of anilines is 2. The van der Waals surface area contributed by atoms with Crippen molar-refractivity contribution in [3.8, 4) is 0 Å². The molecule has 6 heteroatoms. The number of hydrogen-bond acceptors (Lipinski definition) is 4. The molecule has 1 amide bonds. The zero-order chi connectivity index (χ0) is 17.4. The first-order valence-corrected chi connectivity index (χ1v) is 8.92. The Hall–Kier alpha value is -2.34. The van der Waals surface area contributed by atoms with E-state index in [0.717, 1.165) is 54.8 Å². The van der Waals surface area contributed by atoms with Crippen LogP contribution in [0.1, 0.15) is 40.6 Å². The van der Waals surface area contributed by atoms with Gasteiger partial charge in [-0.3, -0.25) is 4.79 Å². The van der Waals surface area contributed by atoms with E-state index in [4.69, 9.17) is 4.74 Å². The van der Waals surface area contributed by atoms with Crippen molar-refractivity contribution < 1.29 is 9.53 Å². The van der Waals surface area contributed by atoms with Crippen LogP contribution in [0.15, 0.2) is 24.4 Å². The smallest absolute Gasteiger partial charge is 0.257 e. The summed E-state index contributed by atoms with van der Waals surface area (Å²) in [7, 11) is 0. The normalized spacial score (nSPS) is 17.6. The van der Waals surface area contributed by atoms with Crippen LogP contribution in [0, 0.1) is 13.8 Å². The standard InChI is InChI=1S/C19H24N4O2/c1-13-11-17(14(2)23(13)16-4-5-16)19(24)21-15-3-6-18(20-12-15)22-7-9-25-10-8-22/h3,6,11-12,16H,4-5,7-10H2,1-2H3,(H,21,24). The number of pyridine rings is 1. The first-order chi connectivity index (χ1) is 12.1. The van der Waals surface area contributed by atoms with Crippen LogP contribution in [0.25, 0.3) is 0 Å². The summed E-state index contributed by atoms with van der Waals surface area (Å²) in [6, 6.07) is 6.43.